The molecule has 1 aromatic heterocycles. The van der Waals surface area contributed by atoms with Gasteiger partial charge < -0.3 is 14.7 Å². The van der Waals surface area contributed by atoms with Crippen molar-refractivity contribution < 1.29 is 32.6 Å². The number of hydrogen-bond donors (Lipinski definition) is 1. The third-order valence-corrected chi connectivity index (χ3v) is 5.14. The second-order valence-electron chi connectivity index (χ2n) is 7.18. The van der Waals surface area contributed by atoms with E-state index in [0.717, 1.165) is 18.6 Å². The zero-order chi connectivity index (χ0) is 22.6. The Balaban J connectivity index is 0.000000339. The first-order chi connectivity index (χ1) is 14.7. The van der Waals surface area contributed by atoms with Crippen molar-refractivity contribution in [2.45, 2.75) is 31.2 Å². The van der Waals surface area contributed by atoms with Gasteiger partial charge in [0, 0.05) is 36.7 Å². The van der Waals surface area contributed by atoms with Crippen LogP contribution in [0.15, 0.2) is 48.8 Å². The fraction of sp³-hybridized carbons (Fsp3) is 0.333. The maximum absolute atomic E-state index is 12.7. The lowest BCUT2D eigenvalue weighted by Gasteiger charge is -2.31. The van der Waals surface area contributed by atoms with E-state index in [1.165, 1.54) is 0 Å². The van der Waals surface area contributed by atoms with Gasteiger partial charge in [0.05, 0.1) is 17.8 Å². The first-order valence-corrected chi connectivity index (χ1v) is 9.37. The third kappa shape index (κ3) is 5.31. The molecule has 4 rings (SSSR count). The Bertz CT molecular complexity index is 991. The van der Waals surface area contributed by atoms with Crippen LogP contribution in [-0.4, -0.2) is 51.7 Å². The summed E-state index contributed by atoms with van der Waals surface area (Å²) in [5, 5.41) is 16.1. The highest BCUT2D eigenvalue weighted by atomic mass is 19.4. The number of rotatable bonds is 3. The number of pyridine rings is 1. The summed E-state index contributed by atoms with van der Waals surface area (Å²) in [5.41, 5.74) is 1.11. The Labute approximate surface area is 175 Å². The van der Waals surface area contributed by atoms with Gasteiger partial charge in [-0.05, 0) is 36.8 Å². The molecule has 1 amide bonds. The number of likely N-dealkylation sites (tertiary alicyclic amines) is 1. The van der Waals surface area contributed by atoms with E-state index in [-0.39, 0.29) is 18.1 Å². The Morgan fingerprint density at radius 2 is 1.97 bits per heavy atom. The molecule has 1 N–H and O–H groups in total. The summed E-state index contributed by atoms with van der Waals surface area (Å²) >= 11 is 0. The van der Waals surface area contributed by atoms with Crippen LogP contribution in [0, 0.1) is 17.2 Å². The van der Waals surface area contributed by atoms with Gasteiger partial charge in [0.2, 0.25) is 0 Å². The Morgan fingerprint density at radius 3 is 2.52 bits per heavy atom. The van der Waals surface area contributed by atoms with Crippen molar-refractivity contribution in [1.82, 2.24) is 9.88 Å². The molecule has 1 saturated heterocycles. The minimum atomic E-state index is -5.08. The lowest BCUT2D eigenvalue weighted by atomic mass is 10.0. The number of ether oxygens (including phenoxy) is 1. The van der Waals surface area contributed by atoms with Crippen molar-refractivity contribution in [3.8, 4) is 11.8 Å². The molecule has 2 bridgehead atoms. The number of halogens is 3. The van der Waals surface area contributed by atoms with E-state index in [1.54, 1.807) is 36.7 Å². The van der Waals surface area contributed by atoms with E-state index < -0.39 is 12.1 Å². The van der Waals surface area contributed by atoms with E-state index in [1.807, 2.05) is 17.0 Å². The summed E-state index contributed by atoms with van der Waals surface area (Å²) in [6.45, 7) is 0.714. The molecule has 1 aliphatic carbocycles. The molecule has 3 atom stereocenters. The molecular formula is C21H18F3N3O4. The molecule has 2 aliphatic rings. The van der Waals surface area contributed by atoms with E-state index in [2.05, 4.69) is 11.1 Å². The maximum atomic E-state index is 12.7. The molecule has 10 heteroatoms. The average molecular weight is 433 g/mol. The SMILES string of the molecule is N#Cc1cccc(C(=O)N2CC3CC2C[C@H]3Oc2cccnc2)c1.O=C(O)C(F)(F)F. The van der Waals surface area contributed by atoms with Gasteiger partial charge in [-0.1, -0.05) is 6.07 Å². The molecule has 0 spiro atoms. The molecule has 1 aliphatic heterocycles. The van der Waals surface area contributed by atoms with Crippen molar-refractivity contribution in [3.05, 3.63) is 59.9 Å². The fourth-order valence-electron chi connectivity index (χ4n) is 3.78. The Morgan fingerprint density at radius 1 is 1.23 bits per heavy atom. The third-order valence-electron chi connectivity index (χ3n) is 5.14. The molecule has 2 heterocycles. The van der Waals surface area contributed by atoms with E-state index in [4.69, 9.17) is 19.9 Å². The van der Waals surface area contributed by atoms with Gasteiger partial charge in [-0.3, -0.25) is 9.78 Å². The van der Waals surface area contributed by atoms with Crippen molar-refractivity contribution in [2.24, 2.45) is 5.92 Å². The number of carbonyl (C=O) groups is 2. The minimum Gasteiger partial charge on any atom is -0.488 e. The number of aliphatic carboxylic acids is 1. The standard InChI is InChI=1S/C19H17N3O2.C2HF3O2/c20-10-13-3-1-4-14(7-13)19(23)22-12-15-8-16(22)9-18(15)24-17-5-2-6-21-11-17;3-2(4,5)1(6)7/h1-7,11,15-16,18H,8-9,12H2;(H,6,7)/t15?,16?,18-;/m1./s1. The molecule has 162 valence electrons. The largest absolute Gasteiger partial charge is 0.490 e. The summed E-state index contributed by atoms with van der Waals surface area (Å²) in [7, 11) is 0. The molecule has 7 nitrogen and oxygen atoms in total. The summed E-state index contributed by atoms with van der Waals surface area (Å²) in [5.74, 6) is -1.60. The molecule has 1 saturated carbocycles. The Hall–Kier alpha value is -3.61. The first-order valence-electron chi connectivity index (χ1n) is 9.37. The van der Waals surface area contributed by atoms with E-state index >= 15 is 0 Å². The molecule has 2 fully saturated rings. The number of amides is 1. The summed E-state index contributed by atoms with van der Waals surface area (Å²) < 4.78 is 37.8. The van der Waals surface area contributed by atoms with Crippen molar-refractivity contribution in [3.63, 3.8) is 0 Å². The van der Waals surface area contributed by atoms with E-state index in [0.29, 0.717) is 23.6 Å². The van der Waals surface area contributed by atoms with Gasteiger partial charge in [-0.15, -0.1) is 0 Å². The summed E-state index contributed by atoms with van der Waals surface area (Å²) in [6.07, 6.45) is 0.345. The minimum absolute atomic E-state index is 0.0134. The number of carbonyl (C=O) groups excluding carboxylic acids is 1. The van der Waals surface area contributed by atoms with Crippen LogP contribution in [0.3, 0.4) is 0 Å². The molecule has 0 radical (unpaired) electrons. The number of piperidine rings is 1. The van der Waals surface area contributed by atoms with Crippen LogP contribution in [0.4, 0.5) is 13.2 Å². The summed E-state index contributed by atoms with van der Waals surface area (Å²) in [6, 6.07) is 13.0. The number of fused-ring (bicyclic) bond motifs is 2. The number of hydrogen-bond acceptors (Lipinski definition) is 5. The van der Waals surface area contributed by atoms with Gasteiger partial charge in [-0.25, -0.2) is 4.79 Å². The predicted molar refractivity (Wildman–Crippen MR) is 101 cm³/mol. The smallest absolute Gasteiger partial charge is 0.488 e. The van der Waals surface area contributed by atoms with Gasteiger partial charge >= 0.3 is 12.1 Å². The average Bonchev–Trinajstić information content (AvgIpc) is 3.34. The normalized spacial score (nSPS) is 21.6. The van der Waals surface area contributed by atoms with Crippen molar-refractivity contribution >= 4 is 11.9 Å². The number of carboxylic acid groups (broad SMARTS) is 1. The molecule has 2 unspecified atom stereocenters. The summed E-state index contributed by atoms with van der Waals surface area (Å²) in [4.78, 5) is 27.6. The predicted octanol–water partition coefficient (Wildman–Crippen LogP) is 3.27. The van der Waals surface area contributed by atoms with Crippen molar-refractivity contribution in [2.75, 3.05) is 6.54 Å². The first kappa shape index (κ1) is 22.1. The number of aromatic nitrogens is 1. The zero-order valence-electron chi connectivity index (χ0n) is 16.1. The highest BCUT2D eigenvalue weighted by molar-refractivity contribution is 5.95. The van der Waals surface area contributed by atoms with Crippen LogP contribution in [0.2, 0.25) is 0 Å². The second kappa shape index (κ2) is 9.04. The lowest BCUT2D eigenvalue weighted by Crippen LogP contribution is -2.43. The monoisotopic (exact) mass is 433 g/mol. The number of nitrogens with zero attached hydrogens (tertiary/aromatic N) is 3. The Kier molecular flexibility index (Phi) is 6.44. The molecule has 31 heavy (non-hydrogen) atoms. The number of carboxylic acids is 1. The quantitative estimate of drug-likeness (QED) is 0.797. The topological polar surface area (TPSA) is 104 Å². The van der Waals surface area contributed by atoms with Crippen LogP contribution >= 0.6 is 0 Å². The fourth-order valence-corrected chi connectivity index (χ4v) is 3.78. The number of nitriles is 1. The second-order valence-corrected chi connectivity index (χ2v) is 7.18. The lowest BCUT2D eigenvalue weighted by molar-refractivity contribution is -0.192. The molecular weight excluding hydrogens is 415 g/mol. The van der Waals surface area contributed by atoms with Crippen LogP contribution < -0.4 is 4.74 Å². The van der Waals surface area contributed by atoms with Gasteiger partial charge in [-0.2, -0.15) is 18.4 Å². The number of alkyl halides is 3. The molecule has 1 aromatic carbocycles. The van der Waals surface area contributed by atoms with Gasteiger partial charge in [0.1, 0.15) is 11.9 Å². The highest BCUT2D eigenvalue weighted by Gasteiger charge is 2.47. The molecule has 2 aromatic rings. The van der Waals surface area contributed by atoms with Crippen molar-refractivity contribution in [1.29, 1.82) is 5.26 Å². The zero-order valence-corrected chi connectivity index (χ0v) is 16.1. The van der Waals surface area contributed by atoms with Crippen LogP contribution in [0.5, 0.6) is 5.75 Å². The van der Waals surface area contributed by atoms with Gasteiger partial charge in [0.25, 0.3) is 5.91 Å². The number of benzene rings is 1. The highest BCUT2D eigenvalue weighted by Crippen LogP contribution is 2.40. The van der Waals surface area contributed by atoms with Crippen LogP contribution in [-0.2, 0) is 4.79 Å². The van der Waals surface area contributed by atoms with E-state index in [9.17, 15) is 18.0 Å². The van der Waals surface area contributed by atoms with Crippen LogP contribution in [0.25, 0.3) is 0 Å². The van der Waals surface area contributed by atoms with Crippen LogP contribution in [0.1, 0.15) is 28.8 Å². The van der Waals surface area contributed by atoms with Gasteiger partial charge in [0.15, 0.2) is 0 Å². The maximum Gasteiger partial charge on any atom is 0.490 e.